The van der Waals surface area contributed by atoms with Gasteiger partial charge in [-0.25, -0.2) is 0 Å². The van der Waals surface area contributed by atoms with Gasteiger partial charge >= 0.3 is 0 Å². The highest BCUT2D eigenvalue weighted by molar-refractivity contribution is 6.24. The van der Waals surface area contributed by atoms with E-state index in [0.717, 1.165) is 62.1 Å². The van der Waals surface area contributed by atoms with Gasteiger partial charge in [-0.15, -0.1) is 0 Å². The minimum absolute atomic E-state index is 1.10. The van der Waals surface area contributed by atoms with E-state index in [1.807, 2.05) is 0 Å². The van der Waals surface area contributed by atoms with Crippen molar-refractivity contribution in [1.29, 1.82) is 0 Å². The van der Waals surface area contributed by atoms with Gasteiger partial charge in [0.05, 0.1) is 27.8 Å². The average molecular weight is 995 g/mol. The van der Waals surface area contributed by atoms with E-state index in [4.69, 9.17) is 0 Å². The van der Waals surface area contributed by atoms with Crippen molar-refractivity contribution in [3.8, 4) is 33.6 Å². The van der Waals surface area contributed by atoms with Crippen molar-refractivity contribution in [2.75, 3.05) is 9.80 Å². The molecular weight excluding hydrogens is 945 g/mol. The second kappa shape index (κ2) is 18.7. The fraction of sp³-hybridized carbons (Fsp3) is 0. The largest absolute Gasteiger partial charge is 0.310 e. The van der Waals surface area contributed by atoms with E-state index >= 15 is 0 Å². The quantitative estimate of drug-likeness (QED) is 0.136. The Labute approximate surface area is 452 Å². The molecule has 0 unspecified atom stereocenters. The van der Waals surface area contributed by atoms with Gasteiger partial charge < -0.3 is 18.9 Å². The molecule has 0 fully saturated rings. The summed E-state index contributed by atoms with van der Waals surface area (Å²) in [4.78, 5) is 4.74. The first-order chi connectivity index (χ1) is 38.7. The Morgan fingerprint density at radius 2 is 0.679 bits per heavy atom. The molecule has 0 amide bonds. The highest BCUT2D eigenvalue weighted by Crippen LogP contribution is 2.48. The van der Waals surface area contributed by atoms with E-state index in [2.05, 4.69) is 322 Å². The third-order valence-electron chi connectivity index (χ3n) is 15.6. The van der Waals surface area contributed by atoms with Crippen LogP contribution in [0, 0.1) is 0 Å². The predicted octanol–water partition coefficient (Wildman–Crippen LogP) is 20.5. The van der Waals surface area contributed by atoms with E-state index in [9.17, 15) is 0 Å². The molecule has 0 bridgehead atoms. The Morgan fingerprint density at radius 3 is 1.31 bits per heavy atom. The average Bonchev–Trinajstić information content (AvgIpc) is 4.26. The van der Waals surface area contributed by atoms with Crippen molar-refractivity contribution in [2.24, 2.45) is 0 Å². The molecule has 15 aromatic rings. The highest BCUT2D eigenvalue weighted by atomic mass is 15.2. The summed E-state index contributed by atoms with van der Waals surface area (Å²) in [5.41, 5.74) is 18.3. The molecule has 2 heterocycles. The summed E-state index contributed by atoms with van der Waals surface area (Å²) in [5.74, 6) is 0. The highest BCUT2D eigenvalue weighted by Gasteiger charge is 2.25. The Bertz CT molecular complexity index is 4600. The summed E-state index contributed by atoms with van der Waals surface area (Å²) in [6.45, 7) is 0. The lowest BCUT2D eigenvalue weighted by molar-refractivity contribution is 1.17. The van der Waals surface area contributed by atoms with Gasteiger partial charge in [0.2, 0.25) is 0 Å². The number of anilines is 6. The second-order valence-corrected chi connectivity index (χ2v) is 20.1. The molecule has 4 heteroatoms. The maximum absolute atomic E-state index is 2.49. The van der Waals surface area contributed by atoms with Gasteiger partial charge in [-0.3, -0.25) is 0 Å². The zero-order chi connectivity index (χ0) is 51.5. The lowest BCUT2D eigenvalue weighted by Gasteiger charge is -2.27. The maximum Gasteiger partial charge on any atom is 0.0782 e. The number of aromatic nitrogens is 2. The lowest BCUT2D eigenvalue weighted by atomic mass is 9.94. The van der Waals surface area contributed by atoms with Crippen LogP contribution in [0.5, 0.6) is 0 Å². The molecule has 0 saturated heterocycles. The lowest BCUT2D eigenvalue weighted by Crippen LogP contribution is -2.11. The normalized spacial score (nSPS) is 11.6. The predicted molar refractivity (Wildman–Crippen MR) is 330 cm³/mol. The van der Waals surface area contributed by atoms with Crippen LogP contribution in [0.1, 0.15) is 0 Å². The molecule has 0 radical (unpaired) electrons. The molecule has 0 saturated carbocycles. The summed E-state index contributed by atoms with van der Waals surface area (Å²) in [7, 11) is 0. The van der Waals surface area contributed by atoms with E-state index in [-0.39, 0.29) is 0 Å². The van der Waals surface area contributed by atoms with Gasteiger partial charge in [0.1, 0.15) is 0 Å². The Balaban J connectivity index is 0.856. The summed E-state index contributed by atoms with van der Waals surface area (Å²) >= 11 is 0. The van der Waals surface area contributed by atoms with Crippen LogP contribution >= 0.6 is 0 Å². The number of hydrogen-bond donors (Lipinski definition) is 0. The summed E-state index contributed by atoms with van der Waals surface area (Å²) in [6.07, 6.45) is 0. The zero-order valence-corrected chi connectivity index (χ0v) is 42.7. The third kappa shape index (κ3) is 7.45. The molecule has 2 aromatic heterocycles. The smallest absolute Gasteiger partial charge is 0.0782 e. The topological polar surface area (TPSA) is 16.3 Å². The van der Waals surface area contributed by atoms with Crippen LogP contribution in [0.4, 0.5) is 34.1 Å². The van der Waals surface area contributed by atoms with Crippen molar-refractivity contribution < 1.29 is 0 Å². The minimum atomic E-state index is 1.10. The van der Waals surface area contributed by atoms with Crippen molar-refractivity contribution >= 4 is 99.3 Å². The molecule has 0 atom stereocenters. The Morgan fingerprint density at radius 1 is 0.231 bits per heavy atom. The van der Waals surface area contributed by atoms with E-state index < -0.39 is 0 Å². The zero-order valence-electron chi connectivity index (χ0n) is 42.7. The van der Waals surface area contributed by atoms with Crippen molar-refractivity contribution in [2.45, 2.75) is 0 Å². The number of benzene rings is 13. The first-order valence-electron chi connectivity index (χ1n) is 26.8. The van der Waals surface area contributed by atoms with Crippen LogP contribution in [0.2, 0.25) is 0 Å². The summed E-state index contributed by atoms with van der Waals surface area (Å²) < 4.78 is 4.96. The molecule has 13 aromatic carbocycles. The van der Waals surface area contributed by atoms with Gasteiger partial charge in [-0.05, 0) is 130 Å². The van der Waals surface area contributed by atoms with E-state index in [0.29, 0.717) is 0 Å². The maximum atomic E-state index is 2.49. The first kappa shape index (κ1) is 45.0. The van der Waals surface area contributed by atoms with Crippen molar-refractivity contribution in [3.05, 3.63) is 303 Å². The molecule has 4 nitrogen and oxygen atoms in total. The number of nitrogens with zero attached hydrogens (tertiary/aromatic N) is 4. The third-order valence-corrected chi connectivity index (χ3v) is 15.6. The van der Waals surface area contributed by atoms with Gasteiger partial charge in [-0.2, -0.15) is 0 Å². The fourth-order valence-corrected chi connectivity index (χ4v) is 12.2. The standard InChI is InChI=1S/C74H50N4/c1-6-22-55(23-7-1)75(56-24-8-2-9-25-56)61-46-48-64-67-47-43-53-21-16-17-32-62(53)72(67)77(71(64)49-61)60-44-41-52(42-45-60)51-37-39-54(40-38-51)68-50-69-66-35-20-36-70(76(57-26-10-3-11-27-57)58-28-12-4-13-29-58)74(66)78(59-30-14-5-15-31-59)73(69)65-34-19-18-33-63(65)68/h1-50H. The molecule has 0 aliphatic heterocycles. The van der Waals surface area contributed by atoms with Gasteiger partial charge in [0.15, 0.2) is 0 Å². The molecule has 0 aliphatic rings. The van der Waals surface area contributed by atoms with Crippen LogP contribution in [-0.4, -0.2) is 9.13 Å². The first-order valence-corrected chi connectivity index (χ1v) is 26.8. The van der Waals surface area contributed by atoms with Crippen LogP contribution in [0.15, 0.2) is 303 Å². The Kier molecular flexibility index (Phi) is 10.8. The fourth-order valence-electron chi connectivity index (χ4n) is 12.2. The molecule has 15 rings (SSSR count). The van der Waals surface area contributed by atoms with E-state index in [1.165, 1.54) is 70.8 Å². The molecule has 0 aliphatic carbocycles. The van der Waals surface area contributed by atoms with Crippen LogP contribution < -0.4 is 9.80 Å². The number of fused-ring (bicyclic) bond motifs is 10. The van der Waals surface area contributed by atoms with Crippen molar-refractivity contribution in [3.63, 3.8) is 0 Å². The second-order valence-electron chi connectivity index (χ2n) is 20.1. The van der Waals surface area contributed by atoms with Gasteiger partial charge in [0.25, 0.3) is 0 Å². The number of hydrogen-bond acceptors (Lipinski definition) is 2. The molecule has 0 spiro atoms. The van der Waals surface area contributed by atoms with Crippen LogP contribution in [-0.2, 0) is 0 Å². The Hall–Kier alpha value is -10.4. The monoisotopic (exact) mass is 994 g/mol. The number of rotatable bonds is 10. The van der Waals surface area contributed by atoms with Crippen LogP contribution in [0.25, 0.3) is 98.8 Å². The van der Waals surface area contributed by atoms with Gasteiger partial charge in [0, 0.05) is 72.1 Å². The van der Waals surface area contributed by atoms with Gasteiger partial charge in [-0.1, -0.05) is 206 Å². The molecule has 366 valence electrons. The molecular formula is C74H50N4. The van der Waals surface area contributed by atoms with Crippen LogP contribution in [0.3, 0.4) is 0 Å². The van der Waals surface area contributed by atoms with E-state index in [1.54, 1.807) is 0 Å². The molecule has 0 N–H and O–H groups in total. The van der Waals surface area contributed by atoms with Crippen molar-refractivity contribution in [1.82, 2.24) is 9.13 Å². The molecule has 78 heavy (non-hydrogen) atoms. The number of para-hydroxylation sites is 6. The SMILES string of the molecule is c1ccc(N(c2ccccc2)c2ccc3c4ccc5ccccc5c4n(-c4ccc(-c5ccc(-c6cc7c8cccc(N(c9ccccc9)c9ccccc9)c8n(-c8ccccc8)c7c7ccccc67)cc5)cc4)c3c2)cc1. The summed E-state index contributed by atoms with van der Waals surface area (Å²) in [5, 5.41) is 9.73. The summed E-state index contributed by atoms with van der Waals surface area (Å²) in [6, 6.07) is 110. The minimum Gasteiger partial charge on any atom is -0.310 e.